The Kier molecular flexibility index (Phi) is 3.62. The Morgan fingerprint density at radius 2 is 2.35 bits per heavy atom. The Balaban J connectivity index is 1.76. The maximum absolute atomic E-state index is 11.9. The van der Waals surface area contributed by atoms with E-state index >= 15 is 0 Å². The highest BCUT2D eigenvalue weighted by atomic mass is 79.9. The second-order valence-electron chi connectivity index (χ2n) is 5.76. The molecule has 20 heavy (non-hydrogen) atoms. The van der Waals surface area contributed by atoms with Crippen molar-refractivity contribution in [2.45, 2.75) is 44.8 Å². The fourth-order valence-electron chi connectivity index (χ4n) is 3.44. The van der Waals surface area contributed by atoms with Crippen molar-refractivity contribution < 1.29 is 4.74 Å². The maximum atomic E-state index is 11.9. The second kappa shape index (κ2) is 5.15. The minimum atomic E-state index is -0.113. The van der Waals surface area contributed by atoms with Crippen LogP contribution in [0.2, 0.25) is 0 Å². The van der Waals surface area contributed by atoms with Crippen molar-refractivity contribution in [2.75, 3.05) is 11.9 Å². The first kappa shape index (κ1) is 14.1. The summed E-state index contributed by atoms with van der Waals surface area (Å²) in [7, 11) is 1.65. The molecule has 2 fully saturated rings. The largest absolute Gasteiger partial charge is 0.379 e. The molecule has 2 aliphatic carbocycles. The third-order valence-electron chi connectivity index (χ3n) is 4.85. The summed E-state index contributed by atoms with van der Waals surface area (Å²) >= 11 is 3.37. The zero-order valence-electron chi connectivity index (χ0n) is 11.9. The normalized spacial score (nSPS) is 26.9. The number of anilines is 1. The molecule has 3 rings (SSSR count). The van der Waals surface area contributed by atoms with Crippen molar-refractivity contribution in [2.24, 2.45) is 12.5 Å². The molecule has 2 atom stereocenters. The zero-order valence-corrected chi connectivity index (χ0v) is 13.4. The number of rotatable bonds is 4. The summed E-state index contributed by atoms with van der Waals surface area (Å²) in [5.41, 5.74) is 0.953. The van der Waals surface area contributed by atoms with Gasteiger partial charge in [-0.05, 0) is 42.1 Å². The minimum absolute atomic E-state index is 0.113. The van der Waals surface area contributed by atoms with Crippen LogP contribution in [0, 0.1) is 5.41 Å². The highest BCUT2D eigenvalue weighted by molar-refractivity contribution is 9.10. The quantitative estimate of drug-likeness (QED) is 0.912. The molecule has 0 unspecified atom stereocenters. The van der Waals surface area contributed by atoms with Crippen LogP contribution in [0.15, 0.2) is 15.5 Å². The van der Waals surface area contributed by atoms with Crippen LogP contribution in [-0.2, 0) is 11.8 Å². The molecule has 2 aliphatic rings. The van der Waals surface area contributed by atoms with Gasteiger partial charge in [0.25, 0.3) is 5.56 Å². The smallest absolute Gasteiger partial charge is 0.282 e. The second-order valence-corrected chi connectivity index (χ2v) is 6.56. The van der Waals surface area contributed by atoms with Crippen molar-refractivity contribution in [3.8, 4) is 0 Å². The third-order valence-corrected chi connectivity index (χ3v) is 5.61. The van der Waals surface area contributed by atoms with Gasteiger partial charge in [-0.15, -0.1) is 0 Å². The van der Waals surface area contributed by atoms with E-state index in [1.54, 1.807) is 13.2 Å². The van der Waals surface area contributed by atoms with Gasteiger partial charge in [0.1, 0.15) is 4.47 Å². The highest BCUT2D eigenvalue weighted by Gasteiger charge is 2.59. The van der Waals surface area contributed by atoms with Crippen molar-refractivity contribution in [3.05, 3.63) is 21.0 Å². The molecule has 6 heteroatoms. The van der Waals surface area contributed by atoms with Crippen LogP contribution in [0.3, 0.4) is 0 Å². The fraction of sp³-hybridized carbons (Fsp3) is 0.714. The predicted molar refractivity (Wildman–Crippen MR) is 80.9 cm³/mol. The summed E-state index contributed by atoms with van der Waals surface area (Å²) in [4.78, 5) is 11.9. The Bertz CT molecular complexity index is 568. The van der Waals surface area contributed by atoms with E-state index in [-0.39, 0.29) is 11.0 Å². The Labute approximate surface area is 126 Å². The topological polar surface area (TPSA) is 56.1 Å². The number of aryl methyl sites for hydroxylation is 1. The lowest BCUT2D eigenvalue weighted by molar-refractivity contribution is -0.157. The van der Waals surface area contributed by atoms with Gasteiger partial charge in [-0.3, -0.25) is 4.79 Å². The van der Waals surface area contributed by atoms with Crippen molar-refractivity contribution in [1.82, 2.24) is 9.78 Å². The van der Waals surface area contributed by atoms with Crippen LogP contribution in [0.4, 0.5) is 5.69 Å². The SMILES string of the molecule is CCO[C@@H]1C[C@H](Nc2cnn(C)c(=O)c2Br)C12CCC2. The molecule has 1 N–H and O–H groups in total. The van der Waals surface area contributed by atoms with Gasteiger partial charge < -0.3 is 10.1 Å². The van der Waals surface area contributed by atoms with E-state index < -0.39 is 0 Å². The lowest BCUT2D eigenvalue weighted by atomic mass is 9.51. The van der Waals surface area contributed by atoms with E-state index in [1.807, 2.05) is 0 Å². The first-order valence-electron chi connectivity index (χ1n) is 7.18. The lowest BCUT2D eigenvalue weighted by Gasteiger charge is -2.61. The fourth-order valence-corrected chi connectivity index (χ4v) is 3.91. The molecule has 1 aromatic heterocycles. The molecular weight excluding hydrogens is 322 g/mol. The number of hydrogen-bond acceptors (Lipinski definition) is 4. The van der Waals surface area contributed by atoms with E-state index in [0.29, 0.717) is 16.6 Å². The predicted octanol–water partition coefficient (Wildman–Crippen LogP) is 2.30. The monoisotopic (exact) mass is 341 g/mol. The van der Waals surface area contributed by atoms with Gasteiger partial charge >= 0.3 is 0 Å². The Hall–Kier alpha value is -0.880. The molecular formula is C14H20BrN3O2. The van der Waals surface area contributed by atoms with Crippen molar-refractivity contribution in [3.63, 3.8) is 0 Å². The molecule has 0 saturated heterocycles. The average Bonchev–Trinajstić information content (AvgIpc) is 2.35. The molecule has 1 aromatic rings. The summed E-state index contributed by atoms with van der Waals surface area (Å²) < 4.78 is 7.73. The first-order chi connectivity index (χ1) is 9.58. The Morgan fingerprint density at radius 1 is 1.60 bits per heavy atom. The molecule has 5 nitrogen and oxygen atoms in total. The summed E-state index contributed by atoms with van der Waals surface area (Å²) in [6, 6.07) is 0.387. The molecule has 0 radical (unpaired) electrons. The summed E-state index contributed by atoms with van der Waals surface area (Å²) in [5.74, 6) is 0. The number of aromatic nitrogens is 2. The van der Waals surface area contributed by atoms with Gasteiger partial charge in [0.2, 0.25) is 0 Å². The number of nitrogens with one attached hydrogen (secondary N) is 1. The molecule has 0 aliphatic heterocycles. The van der Waals surface area contributed by atoms with Crippen LogP contribution >= 0.6 is 15.9 Å². The summed E-state index contributed by atoms with van der Waals surface area (Å²) in [6.07, 6.45) is 6.80. The van der Waals surface area contributed by atoms with Gasteiger partial charge in [-0.1, -0.05) is 6.42 Å². The number of halogens is 1. The van der Waals surface area contributed by atoms with Crippen LogP contribution in [0.5, 0.6) is 0 Å². The Morgan fingerprint density at radius 3 is 2.95 bits per heavy atom. The van der Waals surface area contributed by atoms with Crippen molar-refractivity contribution in [1.29, 1.82) is 0 Å². The molecule has 0 aromatic carbocycles. The standard InChI is InChI=1S/C14H20BrN3O2/c1-3-20-11-7-10(14(11)5-4-6-14)17-9-8-16-18(2)13(19)12(9)15/h8,10-11,17H,3-7H2,1-2H3/t10-,11+/m0/s1. The number of nitrogens with zero attached hydrogens (tertiary/aromatic N) is 2. The highest BCUT2D eigenvalue weighted by Crippen LogP contribution is 2.58. The van der Waals surface area contributed by atoms with Gasteiger partial charge in [-0.25, -0.2) is 4.68 Å². The zero-order chi connectivity index (χ0) is 14.3. The van der Waals surface area contributed by atoms with Gasteiger partial charge in [0, 0.05) is 25.1 Å². The molecule has 2 saturated carbocycles. The lowest BCUT2D eigenvalue weighted by Crippen LogP contribution is -2.64. The van der Waals surface area contributed by atoms with E-state index in [1.165, 1.54) is 23.9 Å². The summed E-state index contributed by atoms with van der Waals surface area (Å²) in [5, 5.41) is 7.57. The average molecular weight is 342 g/mol. The van der Waals surface area contributed by atoms with Crippen LogP contribution < -0.4 is 10.9 Å². The number of ether oxygens (including phenoxy) is 1. The molecule has 0 bridgehead atoms. The third kappa shape index (κ3) is 2.00. The van der Waals surface area contributed by atoms with Gasteiger partial charge in [0.05, 0.1) is 18.0 Å². The van der Waals surface area contributed by atoms with E-state index in [0.717, 1.165) is 18.7 Å². The minimum Gasteiger partial charge on any atom is -0.379 e. The molecule has 110 valence electrons. The van der Waals surface area contributed by atoms with Gasteiger partial charge in [-0.2, -0.15) is 5.10 Å². The van der Waals surface area contributed by atoms with Gasteiger partial charge in [0.15, 0.2) is 0 Å². The molecule has 0 amide bonds. The molecule has 1 spiro atoms. The van der Waals surface area contributed by atoms with E-state index in [9.17, 15) is 4.79 Å². The maximum Gasteiger partial charge on any atom is 0.282 e. The van der Waals surface area contributed by atoms with E-state index in [2.05, 4.69) is 33.3 Å². The summed E-state index contributed by atoms with van der Waals surface area (Å²) in [6.45, 7) is 2.82. The van der Waals surface area contributed by atoms with Crippen LogP contribution in [0.25, 0.3) is 0 Å². The van der Waals surface area contributed by atoms with Crippen molar-refractivity contribution >= 4 is 21.6 Å². The molecule has 1 heterocycles. The van der Waals surface area contributed by atoms with E-state index in [4.69, 9.17) is 4.74 Å². The van der Waals surface area contributed by atoms with Crippen LogP contribution in [-0.4, -0.2) is 28.5 Å². The first-order valence-corrected chi connectivity index (χ1v) is 7.97. The van der Waals surface area contributed by atoms with Crippen LogP contribution in [0.1, 0.15) is 32.6 Å². The number of hydrogen-bond donors (Lipinski definition) is 1.